The summed E-state index contributed by atoms with van der Waals surface area (Å²) in [5.74, 6) is -1.74. The summed E-state index contributed by atoms with van der Waals surface area (Å²) in [6.45, 7) is 3.64. The molecule has 3 N–H and O–H groups in total. The second-order valence-corrected chi connectivity index (χ2v) is 9.72. The third kappa shape index (κ3) is 8.52. The third-order valence-electron chi connectivity index (χ3n) is 6.46. The van der Waals surface area contributed by atoms with Gasteiger partial charge in [-0.1, -0.05) is 104 Å². The van der Waals surface area contributed by atoms with E-state index in [0.717, 1.165) is 16.5 Å². The molecule has 2 atom stereocenters. The van der Waals surface area contributed by atoms with Gasteiger partial charge in [-0.15, -0.1) is 0 Å². The highest BCUT2D eigenvalue weighted by atomic mass is 16.5. The van der Waals surface area contributed by atoms with Gasteiger partial charge in [-0.25, -0.2) is 4.79 Å². The van der Waals surface area contributed by atoms with Crippen molar-refractivity contribution in [2.45, 2.75) is 31.5 Å². The van der Waals surface area contributed by atoms with Gasteiger partial charge in [0.25, 0.3) is 5.91 Å². The molecule has 0 aliphatic carbocycles. The van der Waals surface area contributed by atoms with Crippen LogP contribution < -0.4 is 15.8 Å². The number of benzene rings is 4. The number of nitrogens with one attached hydrogen (secondary N) is 1. The van der Waals surface area contributed by atoms with Gasteiger partial charge in [0.1, 0.15) is 31.6 Å². The Morgan fingerprint density at radius 3 is 2.21 bits per heavy atom. The molecule has 216 valence electrons. The summed E-state index contributed by atoms with van der Waals surface area (Å²) in [6, 6.07) is 28.2. The minimum absolute atomic E-state index is 0.0182. The quantitative estimate of drug-likeness (QED) is 0.167. The number of carbonyl (C=O) groups excluding carboxylic acids is 3. The molecule has 0 fully saturated rings. The number of hydrogen-bond donors (Lipinski definition) is 2. The second-order valence-electron chi connectivity index (χ2n) is 9.72. The van der Waals surface area contributed by atoms with Gasteiger partial charge in [0.2, 0.25) is 0 Å². The minimum atomic E-state index is -1.30. The molecule has 0 saturated carbocycles. The normalized spacial score (nSPS) is 12.1. The first kappa shape index (κ1) is 30.0. The first-order valence-corrected chi connectivity index (χ1v) is 13.7. The molecule has 42 heavy (non-hydrogen) atoms. The lowest BCUT2D eigenvalue weighted by molar-refractivity contribution is -0.152. The van der Waals surface area contributed by atoms with Crippen LogP contribution in [0.5, 0.6) is 5.75 Å². The molecule has 8 heteroatoms. The van der Waals surface area contributed by atoms with Crippen molar-refractivity contribution in [2.24, 2.45) is 5.73 Å². The number of carbonyl (C=O) groups is 3. The standard InChI is InChI=1S/C34H34N2O6/c1-2-19-40-31(37)21-29(34(39)42-22-25-13-7-4-8-14-25)36-33(38)32-28-16-10-9-15-26(28)17-18-30(32)41-23-27(35)20-24-11-5-3-6-12-24/h2-18,27,29H,1,19-23,35H2,(H,36,38)/t27-,29+/m1/s1. The Kier molecular flexibility index (Phi) is 10.8. The van der Waals surface area contributed by atoms with E-state index >= 15 is 0 Å². The highest BCUT2D eigenvalue weighted by Crippen LogP contribution is 2.29. The van der Waals surface area contributed by atoms with Gasteiger partial charge < -0.3 is 25.3 Å². The van der Waals surface area contributed by atoms with Gasteiger partial charge in [0.15, 0.2) is 0 Å². The zero-order valence-electron chi connectivity index (χ0n) is 23.2. The van der Waals surface area contributed by atoms with E-state index in [-0.39, 0.29) is 31.4 Å². The van der Waals surface area contributed by atoms with Gasteiger partial charge in [0, 0.05) is 6.04 Å². The first-order valence-electron chi connectivity index (χ1n) is 13.7. The summed E-state index contributed by atoms with van der Waals surface area (Å²) >= 11 is 0. The highest BCUT2D eigenvalue weighted by molar-refractivity contribution is 6.10. The van der Waals surface area contributed by atoms with Crippen molar-refractivity contribution < 1.29 is 28.6 Å². The SMILES string of the molecule is C=CCOC(=O)C[C@H](NC(=O)c1c(OC[C@H](N)Cc2ccccc2)ccc2ccccc12)C(=O)OCc1ccccc1. The Morgan fingerprint density at radius 2 is 1.50 bits per heavy atom. The fourth-order valence-corrected chi connectivity index (χ4v) is 4.41. The first-order chi connectivity index (χ1) is 20.4. The van der Waals surface area contributed by atoms with E-state index in [1.54, 1.807) is 24.3 Å². The molecule has 0 heterocycles. The number of esters is 2. The number of fused-ring (bicyclic) bond motifs is 1. The van der Waals surface area contributed by atoms with Crippen molar-refractivity contribution >= 4 is 28.6 Å². The molecule has 0 radical (unpaired) electrons. The molecular weight excluding hydrogens is 532 g/mol. The lowest BCUT2D eigenvalue weighted by Crippen LogP contribution is -2.43. The maximum atomic E-state index is 13.8. The van der Waals surface area contributed by atoms with Crippen LogP contribution >= 0.6 is 0 Å². The van der Waals surface area contributed by atoms with Crippen molar-refractivity contribution in [3.8, 4) is 5.75 Å². The number of rotatable bonds is 14. The highest BCUT2D eigenvalue weighted by Gasteiger charge is 2.29. The van der Waals surface area contributed by atoms with E-state index in [4.69, 9.17) is 19.9 Å². The molecule has 0 aromatic heterocycles. The molecule has 0 aliphatic heterocycles. The Bertz CT molecular complexity index is 1510. The molecule has 4 aromatic rings. The molecule has 1 amide bonds. The predicted molar refractivity (Wildman–Crippen MR) is 161 cm³/mol. The van der Waals surface area contributed by atoms with Crippen molar-refractivity contribution in [3.05, 3.63) is 126 Å². The van der Waals surface area contributed by atoms with E-state index in [1.807, 2.05) is 72.8 Å². The monoisotopic (exact) mass is 566 g/mol. The fraction of sp³-hybridized carbons (Fsp3) is 0.206. The maximum Gasteiger partial charge on any atom is 0.329 e. The van der Waals surface area contributed by atoms with Crippen LogP contribution in [-0.2, 0) is 32.1 Å². The number of hydrogen-bond acceptors (Lipinski definition) is 7. The van der Waals surface area contributed by atoms with Crippen LogP contribution in [0.3, 0.4) is 0 Å². The average molecular weight is 567 g/mol. The Morgan fingerprint density at radius 1 is 0.833 bits per heavy atom. The van der Waals surface area contributed by atoms with E-state index in [1.165, 1.54) is 6.08 Å². The molecule has 8 nitrogen and oxygen atoms in total. The zero-order chi connectivity index (χ0) is 29.7. The molecule has 0 bridgehead atoms. The topological polar surface area (TPSA) is 117 Å². The Hall–Kier alpha value is -4.95. The van der Waals surface area contributed by atoms with Gasteiger partial charge in [-0.3, -0.25) is 9.59 Å². The van der Waals surface area contributed by atoms with E-state index in [9.17, 15) is 14.4 Å². The van der Waals surface area contributed by atoms with Crippen molar-refractivity contribution in [3.63, 3.8) is 0 Å². The van der Waals surface area contributed by atoms with Crippen LogP contribution in [0.4, 0.5) is 0 Å². The van der Waals surface area contributed by atoms with E-state index in [0.29, 0.717) is 17.6 Å². The molecular formula is C34H34N2O6. The van der Waals surface area contributed by atoms with Gasteiger partial charge in [-0.05, 0) is 34.4 Å². The van der Waals surface area contributed by atoms with E-state index < -0.39 is 30.3 Å². The summed E-state index contributed by atoms with van der Waals surface area (Å²) in [6.07, 6.45) is 1.59. The largest absolute Gasteiger partial charge is 0.491 e. The third-order valence-corrected chi connectivity index (χ3v) is 6.46. The van der Waals surface area contributed by atoms with Crippen LogP contribution in [-0.4, -0.2) is 43.1 Å². The lowest BCUT2D eigenvalue weighted by atomic mass is 10.0. The minimum Gasteiger partial charge on any atom is -0.491 e. The number of amides is 1. The number of ether oxygens (including phenoxy) is 3. The van der Waals surface area contributed by atoms with Crippen LogP contribution in [0.15, 0.2) is 110 Å². The van der Waals surface area contributed by atoms with E-state index in [2.05, 4.69) is 11.9 Å². The summed E-state index contributed by atoms with van der Waals surface area (Å²) < 4.78 is 16.6. The molecule has 0 unspecified atom stereocenters. The predicted octanol–water partition coefficient (Wildman–Crippen LogP) is 4.75. The van der Waals surface area contributed by atoms with Crippen molar-refractivity contribution in [2.75, 3.05) is 13.2 Å². The Balaban J connectivity index is 1.55. The van der Waals surface area contributed by atoms with Crippen molar-refractivity contribution in [1.82, 2.24) is 5.32 Å². The smallest absolute Gasteiger partial charge is 0.329 e. The Labute approximate surface area is 245 Å². The summed E-state index contributed by atoms with van der Waals surface area (Å²) in [7, 11) is 0. The van der Waals surface area contributed by atoms with Gasteiger partial charge in [-0.2, -0.15) is 0 Å². The molecule has 0 aliphatic rings. The van der Waals surface area contributed by atoms with Crippen LogP contribution in [0.1, 0.15) is 27.9 Å². The average Bonchev–Trinajstić information content (AvgIpc) is 3.01. The molecule has 4 rings (SSSR count). The van der Waals surface area contributed by atoms with Crippen LogP contribution in [0.2, 0.25) is 0 Å². The van der Waals surface area contributed by atoms with Gasteiger partial charge >= 0.3 is 11.9 Å². The zero-order valence-corrected chi connectivity index (χ0v) is 23.2. The molecule has 0 spiro atoms. The van der Waals surface area contributed by atoms with Gasteiger partial charge in [0.05, 0.1) is 12.0 Å². The van der Waals surface area contributed by atoms with Crippen LogP contribution in [0.25, 0.3) is 10.8 Å². The second kappa shape index (κ2) is 15.2. The summed E-state index contributed by atoms with van der Waals surface area (Å²) in [5, 5.41) is 4.11. The molecule has 4 aromatic carbocycles. The van der Waals surface area contributed by atoms with Crippen LogP contribution in [0, 0.1) is 0 Å². The van der Waals surface area contributed by atoms with Crippen molar-refractivity contribution in [1.29, 1.82) is 0 Å². The number of nitrogens with two attached hydrogens (primary N) is 1. The lowest BCUT2D eigenvalue weighted by Gasteiger charge is -2.20. The summed E-state index contributed by atoms with van der Waals surface area (Å²) in [4.78, 5) is 39.4. The fourth-order valence-electron chi connectivity index (χ4n) is 4.41. The molecule has 0 saturated heterocycles. The maximum absolute atomic E-state index is 13.8. The summed E-state index contributed by atoms with van der Waals surface area (Å²) in [5.41, 5.74) is 8.41.